The lowest BCUT2D eigenvalue weighted by Crippen LogP contribution is -2.27. The van der Waals surface area contributed by atoms with Gasteiger partial charge in [-0.2, -0.15) is 0 Å². The Morgan fingerprint density at radius 1 is 1.07 bits per heavy atom. The summed E-state index contributed by atoms with van der Waals surface area (Å²) >= 11 is 6.28. The summed E-state index contributed by atoms with van der Waals surface area (Å²) in [6.45, 7) is 1.78. The number of amides is 1. The molecule has 0 aliphatic carbocycles. The van der Waals surface area contributed by atoms with Crippen molar-refractivity contribution in [1.29, 1.82) is 0 Å². The summed E-state index contributed by atoms with van der Waals surface area (Å²) in [7, 11) is 0. The molecule has 0 aliphatic heterocycles. The Hall–Kier alpha value is -3.38. The number of nitrogens with one attached hydrogen (secondary N) is 1. The topological polar surface area (TPSA) is 68.9 Å². The Balaban J connectivity index is 1.77. The van der Waals surface area contributed by atoms with Crippen LogP contribution in [0.5, 0.6) is 0 Å². The van der Waals surface area contributed by atoms with Gasteiger partial charge in [-0.25, -0.2) is 9.67 Å². The van der Waals surface area contributed by atoms with Crippen molar-refractivity contribution < 1.29 is 4.79 Å². The Kier molecular flexibility index (Phi) is 4.71. The lowest BCUT2D eigenvalue weighted by Gasteiger charge is -2.13. The second kappa shape index (κ2) is 7.32. The average molecular weight is 393 g/mol. The number of aromatic nitrogens is 3. The van der Waals surface area contributed by atoms with Gasteiger partial charge in [-0.3, -0.25) is 14.3 Å². The minimum absolute atomic E-state index is 0.0884. The second-order valence-electron chi connectivity index (χ2n) is 6.37. The van der Waals surface area contributed by atoms with Gasteiger partial charge < -0.3 is 5.32 Å². The van der Waals surface area contributed by atoms with Crippen LogP contribution in [0.2, 0.25) is 5.02 Å². The first kappa shape index (κ1) is 18.0. The van der Waals surface area contributed by atoms with Crippen molar-refractivity contribution in [2.45, 2.75) is 13.5 Å². The largest absolute Gasteiger partial charge is 0.323 e. The number of aryl methyl sites for hydroxylation is 1. The quantitative estimate of drug-likeness (QED) is 0.574. The molecule has 0 aliphatic rings. The van der Waals surface area contributed by atoms with E-state index in [9.17, 15) is 9.59 Å². The number of hydrogen-bond acceptors (Lipinski definition) is 3. The first-order chi connectivity index (χ1) is 13.6. The van der Waals surface area contributed by atoms with Gasteiger partial charge in [0.15, 0.2) is 5.65 Å². The molecular weight excluding hydrogens is 376 g/mol. The second-order valence-corrected chi connectivity index (χ2v) is 6.75. The number of anilines is 1. The van der Waals surface area contributed by atoms with Crippen molar-refractivity contribution in [3.8, 4) is 5.69 Å². The first-order valence-electron chi connectivity index (χ1n) is 8.73. The van der Waals surface area contributed by atoms with Crippen molar-refractivity contribution in [1.82, 2.24) is 14.3 Å². The van der Waals surface area contributed by atoms with Gasteiger partial charge in [0.1, 0.15) is 6.54 Å². The minimum atomic E-state index is -0.306. The van der Waals surface area contributed by atoms with Crippen molar-refractivity contribution >= 4 is 34.2 Å². The molecule has 4 aromatic rings. The lowest BCUT2D eigenvalue weighted by molar-refractivity contribution is -0.116. The van der Waals surface area contributed by atoms with Gasteiger partial charge >= 0.3 is 0 Å². The Labute approximate surface area is 166 Å². The van der Waals surface area contributed by atoms with E-state index in [1.807, 2.05) is 49.4 Å². The van der Waals surface area contributed by atoms with E-state index < -0.39 is 0 Å². The van der Waals surface area contributed by atoms with E-state index in [-0.39, 0.29) is 18.0 Å². The number of para-hydroxylation sites is 1. The zero-order valence-corrected chi connectivity index (χ0v) is 15.8. The number of pyridine rings is 1. The van der Waals surface area contributed by atoms with E-state index in [2.05, 4.69) is 10.3 Å². The predicted octanol–water partition coefficient (Wildman–Crippen LogP) is 3.79. The molecular formula is C21H17ClN4O2. The highest BCUT2D eigenvalue weighted by Crippen LogP contribution is 2.25. The molecule has 4 rings (SSSR count). The van der Waals surface area contributed by atoms with Crippen LogP contribution >= 0.6 is 11.6 Å². The molecule has 0 unspecified atom stereocenters. The smallest absolute Gasteiger partial charge is 0.280 e. The van der Waals surface area contributed by atoms with E-state index in [1.165, 1.54) is 4.68 Å². The average Bonchev–Trinajstić information content (AvgIpc) is 2.98. The zero-order chi connectivity index (χ0) is 19.7. The van der Waals surface area contributed by atoms with Gasteiger partial charge in [0.2, 0.25) is 5.91 Å². The number of nitrogens with zero attached hydrogens (tertiary/aromatic N) is 3. The van der Waals surface area contributed by atoms with Gasteiger partial charge in [-0.15, -0.1) is 0 Å². The van der Waals surface area contributed by atoms with Crippen molar-refractivity contribution in [2.24, 2.45) is 0 Å². The van der Waals surface area contributed by atoms with E-state index in [0.717, 1.165) is 5.56 Å². The van der Waals surface area contributed by atoms with Crippen LogP contribution in [0.1, 0.15) is 5.56 Å². The molecule has 0 fully saturated rings. The summed E-state index contributed by atoms with van der Waals surface area (Å²) in [6.07, 6.45) is 1.60. The van der Waals surface area contributed by atoms with Crippen LogP contribution in [-0.4, -0.2) is 20.3 Å². The predicted molar refractivity (Wildman–Crippen MR) is 110 cm³/mol. The third kappa shape index (κ3) is 3.18. The first-order valence-corrected chi connectivity index (χ1v) is 9.11. The SMILES string of the molecule is Cc1cccc(NC(=O)Cn2c3ncccc3c(=O)n2-c2ccccc2)c1Cl. The van der Waals surface area contributed by atoms with Gasteiger partial charge in [0.25, 0.3) is 5.56 Å². The summed E-state index contributed by atoms with van der Waals surface area (Å²) in [5.74, 6) is -0.306. The summed E-state index contributed by atoms with van der Waals surface area (Å²) in [5.41, 5.74) is 2.28. The van der Waals surface area contributed by atoms with Crippen LogP contribution in [0.15, 0.2) is 71.7 Å². The molecule has 0 saturated carbocycles. The number of carbonyl (C=O) groups excluding carboxylic acids is 1. The monoisotopic (exact) mass is 392 g/mol. The van der Waals surface area contributed by atoms with Crippen LogP contribution in [0, 0.1) is 6.92 Å². The minimum Gasteiger partial charge on any atom is -0.323 e. The van der Waals surface area contributed by atoms with Crippen LogP contribution in [0.4, 0.5) is 5.69 Å². The molecule has 0 spiro atoms. The standard InChI is InChI=1S/C21H17ClN4O2/c1-14-7-5-11-17(19(14)22)24-18(27)13-25-20-16(10-6-12-23-20)21(28)26(25)15-8-3-2-4-9-15/h2-12H,13H2,1H3,(H,24,27). The van der Waals surface area contributed by atoms with Gasteiger partial charge in [0.05, 0.1) is 21.8 Å². The Morgan fingerprint density at radius 3 is 2.64 bits per heavy atom. The van der Waals surface area contributed by atoms with E-state index >= 15 is 0 Å². The van der Waals surface area contributed by atoms with Gasteiger partial charge in [0, 0.05) is 6.20 Å². The summed E-state index contributed by atoms with van der Waals surface area (Å²) < 4.78 is 3.04. The fourth-order valence-corrected chi connectivity index (χ4v) is 3.30. The Bertz CT molecular complexity index is 1230. The molecule has 2 aromatic heterocycles. The van der Waals surface area contributed by atoms with E-state index in [1.54, 1.807) is 29.1 Å². The normalized spacial score (nSPS) is 10.9. The third-order valence-electron chi connectivity index (χ3n) is 4.46. The van der Waals surface area contributed by atoms with E-state index in [4.69, 9.17) is 11.6 Å². The van der Waals surface area contributed by atoms with Gasteiger partial charge in [-0.05, 0) is 42.8 Å². The number of benzene rings is 2. The highest BCUT2D eigenvalue weighted by atomic mass is 35.5. The number of carbonyl (C=O) groups is 1. The van der Waals surface area contributed by atoms with Crippen LogP contribution < -0.4 is 10.9 Å². The highest BCUT2D eigenvalue weighted by Gasteiger charge is 2.18. The van der Waals surface area contributed by atoms with Crippen molar-refractivity contribution in [2.75, 3.05) is 5.32 Å². The zero-order valence-electron chi connectivity index (χ0n) is 15.1. The molecule has 28 heavy (non-hydrogen) atoms. The number of hydrogen-bond donors (Lipinski definition) is 1. The van der Waals surface area contributed by atoms with Crippen LogP contribution in [0.3, 0.4) is 0 Å². The van der Waals surface area contributed by atoms with Crippen molar-refractivity contribution in [3.05, 3.63) is 87.8 Å². The summed E-state index contributed by atoms with van der Waals surface area (Å²) in [4.78, 5) is 30.0. The van der Waals surface area contributed by atoms with Crippen LogP contribution in [0.25, 0.3) is 16.7 Å². The Morgan fingerprint density at radius 2 is 1.86 bits per heavy atom. The maximum absolute atomic E-state index is 12.9. The maximum atomic E-state index is 12.9. The van der Waals surface area contributed by atoms with E-state index in [0.29, 0.717) is 27.4 Å². The number of rotatable bonds is 4. The van der Waals surface area contributed by atoms with Crippen molar-refractivity contribution in [3.63, 3.8) is 0 Å². The maximum Gasteiger partial charge on any atom is 0.280 e. The molecule has 1 N–H and O–H groups in total. The lowest BCUT2D eigenvalue weighted by atomic mass is 10.2. The number of fused-ring (bicyclic) bond motifs is 1. The molecule has 0 saturated heterocycles. The molecule has 1 amide bonds. The molecule has 140 valence electrons. The molecule has 0 bridgehead atoms. The fraction of sp³-hybridized carbons (Fsp3) is 0.0952. The molecule has 2 heterocycles. The molecule has 0 radical (unpaired) electrons. The van der Waals surface area contributed by atoms with Gasteiger partial charge in [-0.1, -0.05) is 41.9 Å². The third-order valence-corrected chi connectivity index (χ3v) is 4.96. The molecule has 7 heteroatoms. The molecule has 2 aromatic carbocycles. The molecule has 0 atom stereocenters. The summed E-state index contributed by atoms with van der Waals surface area (Å²) in [5, 5.41) is 3.76. The summed E-state index contributed by atoms with van der Waals surface area (Å²) in [6, 6.07) is 18.0. The highest BCUT2D eigenvalue weighted by molar-refractivity contribution is 6.34. The number of halogens is 1. The fourth-order valence-electron chi connectivity index (χ4n) is 3.13. The van der Waals surface area contributed by atoms with Crippen LogP contribution in [-0.2, 0) is 11.3 Å². The molecule has 6 nitrogen and oxygen atoms in total.